The fraction of sp³-hybridized carbons (Fsp3) is 0.385. The normalized spacial score (nSPS) is 17.3. The van der Waals surface area contributed by atoms with Gasteiger partial charge in [0.1, 0.15) is 0 Å². The highest BCUT2D eigenvalue weighted by molar-refractivity contribution is 5.92. The quantitative estimate of drug-likeness (QED) is 0.727. The van der Waals surface area contributed by atoms with Gasteiger partial charge in [0.25, 0.3) is 0 Å². The molecule has 2 aromatic carbocycles. The van der Waals surface area contributed by atoms with Crippen LogP contribution in [-0.4, -0.2) is 42.9 Å². The van der Waals surface area contributed by atoms with Gasteiger partial charge in [-0.15, -0.1) is 0 Å². The van der Waals surface area contributed by atoms with Crippen molar-refractivity contribution < 1.29 is 9.59 Å². The van der Waals surface area contributed by atoms with Gasteiger partial charge in [0.2, 0.25) is 11.8 Å². The maximum Gasteiger partial charge on any atom is 0.246 e. The topological polar surface area (TPSA) is 52.7 Å². The van der Waals surface area contributed by atoms with E-state index in [4.69, 9.17) is 0 Å². The zero-order chi connectivity index (χ0) is 21.5. The van der Waals surface area contributed by atoms with Crippen LogP contribution in [0.15, 0.2) is 60.7 Å². The standard InChI is InChI=1S/C26H31N3O2/c30-25(13-10-21-6-2-1-3-7-21)29-18-14-23(15-19-29)26(31)27-20-22-8-11-24(12-9-22)28-16-4-5-17-28/h1-3,6-13,23H,4-5,14-20H2,(H,27,31)/b13-10+. The molecule has 2 fully saturated rings. The number of piperidine rings is 1. The van der Waals surface area contributed by atoms with Crippen molar-refractivity contribution in [2.45, 2.75) is 32.2 Å². The smallest absolute Gasteiger partial charge is 0.246 e. The van der Waals surface area contributed by atoms with Gasteiger partial charge in [-0.25, -0.2) is 0 Å². The highest BCUT2D eigenvalue weighted by Crippen LogP contribution is 2.21. The van der Waals surface area contributed by atoms with Crippen LogP contribution in [0, 0.1) is 5.92 Å². The second kappa shape index (κ2) is 10.3. The molecule has 0 unspecified atom stereocenters. The van der Waals surface area contributed by atoms with Gasteiger partial charge in [-0.3, -0.25) is 9.59 Å². The molecule has 2 saturated heterocycles. The summed E-state index contributed by atoms with van der Waals surface area (Å²) >= 11 is 0. The molecule has 0 radical (unpaired) electrons. The molecule has 162 valence electrons. The summed E-state index contributed by atoms with van der Waals surface area (Å²) in [5, 5.41) is 3.08. The minimum absolute atomic E-state index is 0.0146. The van der Waals surface area contributed by atoms with Gasteiger partial charge in [-0.2, -0.15) is 0 Å². The van der Waals surface area contributed by atoms with Crippen molar-refractivity contribution in [1.29, 1.82) is 0 Å². The number of anilines is 1. The molecule has 2 aliphatic heterocycles. The van der Waals surface area contributed by atoms with E-state index in [1.54, 1.807) is 6.08 Å². The van der Waals surface area contributed by atoms with Crippen molar-refractivity contribution in [1.82, 2.24) is 10.2 Å². The molecule has 31 heavy (non-hydrogen) atoms. The number of nitrogens with one attached hydrogen (secondary N) is 1. The third-order valence-electron chi connectivity index (χ3n) is 6.27. The van der Waals surface area contributed by atoms with E-state index in [-0.39, 0.29) is 17.7 Å². The van der Waals surface area contributed by atoms with Crippen molar-refractivity contribution in [3.05, 3.63) is 71.8 Å². The Morgan fingerprint density at radius 2 is 1.58 bits per heavy atom. The minimum atomic E-state index is -0.0222. The maximum atomic E-state index is 12.6. The van der Waals surface area contributed by atoms with Crippen molar-refractivity contribution in [3.8, 4) is 0 Å². The number of carbonyl (C=O) groups excluding carboxylic acids is 2. The van der Waals surface area contributed by atoms with Gasteiger partial charge in [-0.05, 0) is 55.0 Å². The van der Waals surface area contributed by atoms with Crippen LogP contribution < -0.4 is 10.2 Å². The van der Waals surface area contributed by atoms with E-state index >= 15 is 0 Å². The molecule has 0 saturated carbocycles. The summed E-state index contributed by atoms with van der Waals surface area (Å²) in [5.74, 6) is 0.0855. The van der Waals surface area contributed by atoms with Gasteiger partial charge in [0.05, 0.1) is 0 Å². The molecule has 0 bridgehead atoms. The fourth-order valence-corrected chi connectivity index (χ4v) is 4.33. The van der Waals surface area contributed by atoms with Crippen molar-refractivity contribution in [2.75, 3.05) is 31.1 Å². The van der Waals surface area contributed by atoms with E-state index < -0.39 is 0 Å². The van der Waals surface area contributed by atoms with Crippen LogP contribution in [-0.2, 0) is 16.1 Å². The third kappa shape index (κ3) is 5.75. The van der Waals surface area contributed by atoms with Gasteiger partial charge in [0.15, 0.2) is 0 Å². The first kappa shape index (κ1) is 21.2. The first-order valence-electron chi connectivity index (χ1n) is 11.3. The zero-order valence-electron chi connectivity index (χ0n) is 18.0. The molecule has 5 nitrogen and oxygen atoms in total. The first-order valence-corrected chi connectivity index (χ1v) is 11.3. The van der Waals surface area contributed by atoms with E-state index in [0.29, 0.717) is 32.5 Å². The molecular weight excluding hydrogens is 386 g/mol. The lowest BCUT2D eigenvalue weighted by Gasteiger charge is -2.30. The van der Waals surface area contributed by atoms with Crippen LogP contribution in [0.4, 0.5) is 5.69 Å². The Hall–Kier alpha value is -3.08. The largest absolute Gasteiger partial charge is 0.372 e. The Balaban J connectivity index is 1.20. The number of amides is 2. The Morgan fingerprint density at radius 1 is 0.903 bits per heavy atom. The van der Waals surface area contributed by atoms with Crippen molar-refractivity contribution in [3.63, 3.8) is 0 Å². The Labute approximate surface area is 184 Å². The number of nitrogens with zero attached hydrogens (tertiary/aromatic N) is 2. The highest BCUT2D eigenvalue weighted by Gasteiger charge is 2.26. The van der Waals surface area contributed by atoms with Crippen LogP contribution in [0.3, 0.4) is 0 Å². The van der Waals surface area contributed by atoms with Crippen LogP contribution in [0.2, 0.25) is 0 Å². The monoisotopic (exact) mass is 417 g/mol. The predicted octanol–water partition coefficient (Wildman–Crippen LogP) is 3.86. The third-order valence-corrected chi connectivity index (χ3v) is 6.27. The molecule has 2 heterocycles. The lowest BCUT2D eigenvalue weighted by molar-refractivity contribution is -0.132. The van der Waals surface area contributed by atoms with E-state index in [1.807, 2.05) is 41.3 Å². The average molecular weight is 418 g/mol. The van der Waals surface area contributed by atoms with E-state index in [9.17, 15) is 9.59 Å². The lowest BCUT2D eigenvalue weighted by Crippen LogP contribution is -2.42. The second-order valence-electron chi connectivity index (χ2n) is 8.42. The molecule has 0 aliphatic carbocycles. The van der Waals surface area contributed by atoms with E-state index in [2.05, 4.69) is 34.5 Å². The molecule has 1 N–H and O–H groups in total. The number of hydrogen-bond donors (Lipinski definition) is 1. The molecule has 2 amide bonds. The van der Waals surface area contributed by atoms with Gasteiger partial charge >= 0.3 is 0 Å². The maximum absolute atomic E-state index is 12.6. The summed E-state index contributed by atoms with van der Waals surface area (Å²) < 4.78 is 0. The molecule has 5 heteroatoms. The lowest BCUT2D eigenvalue weighted by atomic mass is 9.95. The predicted molar refractivity (Wildman–Crippen MR) is 125 cm³/mol. The Morgan fingerprint density at radius 3 is 2.26 bits per heavy atom. The summed E-state index contributed by atoms with van der Waals surface area (Å²) in [5.41, 5.74) is 3.40. The summed E-state index contributed by atoms with van der Waals surface area (Å²) in [6.07, 6.45) is 7.43. The highest BCUT2D eigenvalue weighted by atomic mass is 16.2. The summed E-state index contributed by atoms with van der Waals surface area (Å²) in [4.78, 5) is 29.3. The number of carbonyl (C=O) groups is 2. The zero-order valence-corrected chi connectivity index (χ0v) is 18.0. The molecule has 2 aromatic rings. The molecule has 0 atom stereocenters. The van der Waals surface area contributed by atoms with Crippen molar-refractivity contribution in [2.24, 2.45) is 5.92 Å². The first-order chi connectivity index (χ1) is 15.2. The van der Waals surface area contributed by atoms with Crippen LogP contribution >= 0.6 is 0 Å². The molecule has 0 spiro atoms. The molecular formula is C26H31N3O2. The summed E-state index contributed by atoms with van der Waals surface area (Å²) in [6.45, 7) is 4.08. The average Bonchev–Trinajstić information content (AvgIpc) is 3.37. The summed E-state index contributed by atoms with van der Waals surface area (Å²) in [7, 11) is 0. The van der Waals surface area contributed by atoms with Gasteiger partial charge < -0.3 is 15.1 Å². The molecule has 0 aromatic heterocycles. The molecule has 2 aliphatic rings. The SMILES string of the molecule is O=C(NCc1ccc(N2CCCC2)cc1)C1CCN(C(=O)/C=C/c2ccccc2)CC1. The van der Waals surface area contributed by atoms with E-state index in [0.717, 1.165) is 24.2 Å². The Kier molecular flexibility index (Phi) is 7.03. The van der Waals surface area contributed by atoms with Crippen LogP contribution in [0.25, 0.3) is 6.08 Å². The summed E-state index contributed by atoms with van der Waals surface area (Å²) in [6, 6.07) is 18.3. The van der Waals surface area contributed by atoms with Crippen LogP contribution in [0.1, 0.15) is 36.8 Å². The number of rotatable bonds is 6. The van der Waals surface area contributed by atoms with E-state index in [1.165, 1.54) is 18.5 Å². The number of likely N-dealkylation sites (tertiary alicyclic amines) is 1. The second-order valence-corrected chi connectivity index (χ2v) is 8.42. The number of benzene rings is 2. The van der Waals surface area contributed by atoms with Crippen molar-refractivity contribution >= 4 is 23.6 Å². The van der Waals surface area contributed by atoms with Gasteiger partial charge in [0, 0.05) is 50.4 Å². The molecule has 4 rings (SSSR count). The number of hydrogen-bond acceptors (Lipinski definition) is 3. The fourth-order valence-electron chi connectivity index (χ4n) is 4.33. The Bertz CT molecular complexity index is 894. The van der Waals surface area contributed by atoms with Crippen LogP contribution in [0.5, 0.6) is 0 Å². The minimum Gasteiger partial charge on any atom is -0.372 e. The van der Waals surface area contributed by atoms with Gasteiger partial charge in [-0.1, -0.05) is 42.5 Å².